The highest BCUT2D eigenvalue weighted by molar-refractivity contribution is 7.87. The van der Waals surface area contributed by atoms with Crippen LogP contribution in [0.3, 0.4) is 0 Å². The lowest BCUT2D eigenvalue weighted by molar-refractivity contribution is 0.678. The zero-order valence-corrected chi connectivity index (χ0v) is 9.50. The van der Waals surface area contributed by atoms with E-state index in [1.165, 1.54) is 0 Å². The van der Waals surface area contributed by atoms with Crippen molar-refractivity contribution in [2.45, 2.75) is 16.7 Å². The van der Waals surface area contributed by atoms with Crippen LogP contribution in [0.25, 0.3) is 0 Å². The van der Waals surface area contributed by atoms with E-state index in [1.54, 1.807) is 18.6 Å². The van der Waals surface area contributed by atoms with Crippen LogP contribution < -0.4 is 0 Å². The van der Waals surface area contributed by atoms with Gasteiger partial charge in [0.2, 0.25) is 0 Å². The zero-order chi connectivity index (χ0) is 10.0. The minimum absolute atomic E-state index is 0.673. The number of benzene rings is 1. The molecule has 0 aliphatic heterocycles. The van der Waals surface area contributed by atoms with Crippen molar-refractivity contribution in [1.82, 2.24) is 0 Å². The Hall–Kier alpha value is -0.480. The first-order chi connectivity index (χ1) is 6.02. The van der Waals surface area contributed by atoms with Crippen molar-refractivity contribution < 1.29 is 8.42 Å². The number of rotatable bonds is 2. The Kier molecular flexibility index (Phi) is 3.39. The second-order valence-corrected chi connectivity index (χ2v) is 5.55. The molecule has 1 aromatic carbocycles. The lowest BCUT2D eigenvalue weighted by atomic mass is 10.2. The third-order valence-electron chi connectivity index (χ3n) is 1.72. The van der Waals surface area contributed by atoms with Gasteiger partial charge in [0, 0.05) is 12.5 Å². The molecule has 0 amide bonds. The summed E-state index contributed by atoms with van der Waals surface area (Å²) in [7, 11) is -2.13. The molecule has 0 saturated carbocycles. The van der Waals surface area contributed by atoms with E-state index < -0.39 is 21.6 Å². The van der Waals surface area contributed by atoms with E-state index in [1.807, 2.05) is 19.1 Å². The van der Waals surface area contributed by atoms with Crippen molar-refractivity contribution in [2.24, 2.45) is 0 Å². The average Bonchev–Trinajstić information content (AvgIpc) is 2.03. The van der Waals surface area contributed by atoms with Crippen molar-refractivity contribution >= 4 is 21.6 Å². The van der Waals surface area contributed by atoms with Crippen LogP contribution in [0.2, 0.25) is 0 Å². The Morgan fingerprint density at radius 1 is 1.00 bits per heavy atom. The monoisotopic (exact) mass is 216 g/mol. The third kappa shape index (κ3) is 2.48. The Balaban J connectivity index is 3.35. The van der Waals surface area contributed by atoms with Crippen molar-refractivity contribution in [3.05, 3.63) is 23.8 Å². The molecule has 2 nitrogen and oxygen atoms in total. The summed E-state index contributed by atoms with van der Waals surface area (Å²) in [5, 5.41) is 0. The molecule has 0 aromatic heterocycles. The van der Waals surface area contributed by atoms with Crippen LogP contribution in [0.15, 0.2) is 28.0 Å². The van der Waals surface area contributed by atoms with Crippen LogP contribution in [0.5, 0.6) is 0 Å². The molecule has 72 valence electrons. The van der Waals surface area contributed by atoms with Gasteiger partial charge in [0.15, 0.2) is 0 Å². The Bertz CT molecular complexity index is 372. The second-order valence-electron chi connectivity index (χ2n) is 2.86. The van der Waals surface area contributed by atoms with Gasteiger partial charge < -0.3 is 0 Å². The summed E-state index contributed by atoms with van der Waals surface area (Å²) >= 11 is 0. The SMILES string of the molecule is Cc1ccc(S(C)=O)c(S(C)=O)c1. The molecule has 0 bridgehead atoms. The molecule has 1 aromatic rings. The predicted octanol–water partition coefficient (Wildman–Crippen LogP) is 1.47. The Labute approximate surface area is 83.3 Å². The smallest absolute Gasteiger partial charge is 0.0549 e. The van der Waals surface area contributed by atoms with Crippen LogP contribution in [-0.4, -0.2) is 20.9 Å². The maximum absolute atomic E-state index is 11.3. The summed E-state index contributed by atoms with van der Waals surface area (Å²) < 4.78 is 22.6. The first kappa shape index (κ1) is 10.6. The average molecular weight is 216 g/mol. The molecule has 0 fully saturated rings. The van der Waals surface area contributed by atoms with E-state index in [2.05, 4.69) is 0 Å². The van der Waals surface area contributed by atoms with Gasteiger partial charge in [0.25, 0.3) is 0 Å². The summed E-state index contributed by atoms with van der Waals surface area (Å²) in [6, 6.07) is 5.49. The molecule has 2 atom stereocenters. The van der Waals surface area contributed by atoms with E-state index in [4.69, 9.17) is 0 Å². The molecule has 13 heavy (non-hydrogen) atoms. The van der Waals surface area contributed by atoms with Crippen molar-refractivity contribution in [1.29, 1.82) is 0 Å². The molecule has 2 unspecified atom stereocenters. The highest BCUT2D eigenvalue weighted by atomic mass is 32.2. The normalized spacial score (nSPS) is 15.3. The Morgan fingerprint density at radius 2 is 1.54 bits per heavy atom. The lowest BCUT2D eigenvalue weighted by Gasteiger charge is -2.04. The van der Waals surface area contributed by atoms with Crippen LogP contribution in [0, 0.1) is 6.92 Å². The standard InChI is InChI=1S/C9H12O2S2/c1-7-4-5-8(12(2)10)9(6-7)13(3)11/h4-6H,1-3H3. The van der Waals surface area contributed by atoms with Gasteiger partial charge in [0.1, 0.15) is 0 Å². The van der Waals surface area contributed by atoms with Crippen LogP contribution >= 0.6 is 0 Å². The topological polar surface area (TPSA) is 34.1 Å². The molecule has 4 heteroatoms. The maximum Gasteiger partial charge on any atom is 0.0549 e. The van der Waals surface area contributed by atoms with Gasteiger partial charge >= 0.3 is 0 Å². The summed E-state index contributed by atoms with van der Waals surface area (Å²) in [6.07, 6.45) is 3.20. The second kappa shape index (κ2) is 4.15. The molecule has 0 spiro atoms. The zero-order valence-electron chi connectivity index (χ0n) is 7.87. The number of hydrogen-bond acceptors (Lipinski definition) is 2. The fourth-order valence-electron chi connectivity index (χ4n) is 1.08. The first-order valence-electron chi connectivity index (χ1n) is 3.80. The van der Waals surface area contributed by atoms with Crippen molar-refractivity contribution in [3.63, 3.8) is 0 Å². The molecule has 0 saturated heterocycles. The molecule has 0 heterocycles. The van der Waals surface area contributed by atoms with Crippen LogP contribution in [0.1, 0.15) is 5.56 Å². The van der Waals surface area contributed by atoms with Crippen molar-refractivity contribution in [2.75, 3.05) is 12.5 Å². The van der Waals surface area contributed by atoms with E-state index in [0.717, 1.165) is 5.56 Å². The van der Waals surface area contributed by atoms with Gasteiger partial charge in [-0.15, -0.1) is 0 Å². The highest BCUT2D eigenvalue weighted by Crippen LogP contribution is 2.17. The van der Waals surface area contributed by atoms with Gasteiger partial charge in [-0.1, -0.05) is 6.07 Å². The molecule has 0 aliphatic rings. The van der Waals surface area contributed by atoms with E-state index in [-0.39, 0.29) is 0 Å². The molecule has 0 aliphatic carbocycles. The van der Waals surface area contributed by atoms with Crippen molar-refractivity contribution in [3.8, 4) is 0 Å². The molecular weight excluding hydrogens is 204 g/mol. The fraction of sp³-hybridized carbons (Fsp3) is 0.333. The summed E-state index contributed by atoms with van der Waals surface area (Å²) in [6.45, 7) is 1.93. The van der Waals surface area contributed by atoms with Gasteiger partial charge in [0.05, 0.1) is 31.4 Å². The largest absolute Gasteiger partial charge is 0.255 e. The molecule has 1 rings (SSSR count). The van der Waals surface area contributed by atoms with Gasteiger partial charge in [-0.2, -0.15) is 0 Å². The summed E-state index contributed by atoms with van der Waals surface area (Å²) in [5.41, 5.74) is 1.04. The summed E-state index contributed by atoms with van der Waals surface area (Å²) in [4.78, 5) is 1.35. The van der Waals surface area contributed by atoms with Crippen LogP contribution in [0.4, 0.5) is 0 Å². The number of hydrogen-bond donors (Lipinski definition) is 0. The predicted molar refractivity (Wildman–Crippen MR) is 55.8 cm³/mol. The van der Waals surface area contributed by atoms with E-state index >= 15 is 0 Å². The van der Waals surface area contributed by atoms with Crippen LogP contribution in [-0.2, 0) is 21.6 Å². The minimum atomic E-state index is -1.06. The van der Waals surface area contributed by atoms with Gasteiger partial charge in [-0.25, -0.2) is 0 Å². The number of aryl methyl sites for hydroxylation is 1. The molecule has 0 N–H and O–H groups in total. The first-order valence-corrected chi connectivity index (χ1v) is 6.91. The maximum atomic E-state index is 11.3. The quantitative estimate of drug-likeness (QED) is 0.750. The lowest BCUT2D eigenvalue weighted by Crippen LogP contribution is -1.98. The summed E-state index contributed by atoms with van der Waals surface area (Å²) in [5.74, 6) is 0. The van der Waals surface area contributed by atoms with E-state index in [0.29, 0.717) is 9.79 Å². The minimum Gasteiger partial charge on any atom is -0.255 e. The van der Waals surface area contributed by atoms with E-state index in [9.17, 15) is 8.42 Å². The fourth-order valence-corrected chi connectivity index (χ4v) is 3.09. The van der Waals surface area contributed by atoms with Gasteiger partial charge in [-0.3, -0.25) is 8.42 Å². The third-order valence-corrected chi connectivity index (χ3v) is 3.78. The van der Waals surface area contributed by atoms with Gasteiger partial charge in [-0.05, 0) is 24.6 Å². The molecular formula is C9H12O2S2. The highest BCUT2D eigenvalue weighted by Gasteiger charge is 2.08. The Morgan fingerprint density at radius 3 is 2.00 bits per heavy atom. The molecule has 0 radical (unpaired) electrons.